The number of rotatable bonds is 6. The Kier molecular flexibility index (Phi) is 4.97. The van der Waals surface area contributed by atoms with Crippen molar-refractivity contribution >= 4 is 10.0 Å². The minimum atomic E-state index is -3.28. The summed E-state index contributed by atoms with van der Waals surface area (Å²) in [5.74, 6) is 2.57. The van der Waals surface area contributed by atoms with Crippen LogP contribution in [-0.4, -0.2) is 45.5 Å². The first-order valence-corrected chi connectivity index (χ1v) is 10.7. The van der Waals surface area contributed by atoms with Crippen LogP contribution in [0.4, 0.5) is 0 Å². The summed E-state index contributed by atoms with van der Waals surface area (Å²) in [7, 11) is -1.67. The van der Waals surface area contributed by atoms with Crippen molar-refractivity contribution in [3.8, 4) is 17.2 Å². The zero-order valence-corrected chi connectivity index (χ0v) is 16.1. The van der Waals surface area contributed by atoms with Gasteiger partial charge in [0.25, 0.3) is 0 Å². The van der Waals surface area contributed by atoms with E-state index in [0.717, 1.165) is 34.8 Å². The van der Waals surface area contributed by atoms with Gasteiger partial charge in [-0.3, -0.25) is 0 Å². The molecule has 6 nitrogen and oxygen atoms in total. The molecular formula is C20H23NO5S. The lowest BCUT2D eigenvalue weighted by Crippen LogP contribution is -2.31. The Morgan fingerprint density at radius 2 is 1.89 bits per heavy atom. The SMILES string of the molecule is COc1ccc(CCS(=O)(=O)N2CCC(c3ccc4c(c3)OCO4)C2)cc1. The third kappa shape index (κ3) is 3.89. The molecule has 0 spiro atoms. The van der Waals surface area contributed by atoms with Gasteiger partial charge in [-0.15, -0.1) is 0 Å². The lowest BCUT2D eigenvalue weighted by molar-refractivity contribution is 0.174. The van der Waals surface area contributed by atoms with Crippen molar-refractivity contribution in [3.05, 3.63) is 53.6 Å². The molecule has 0 aliphatic carbocycles. The topological polar surface area (TPSA) is 65.1 Å². The first-order chi connectivity index (χ1) is 13.0. The number of methoxy groups -OCH3 is 1. The van der Waals surface area contributed by atoms with Gasteiger partial charge in [0, 0.05) is 13.1 Å². The van der Waals surface area contributed by atoms with E-state index in [2.05, 4.69) is 0 Å². The molecule has 1 fully saturated rings. The second-order valence-electron chi connectivity index (χ2n) is 6.87. The molecule has 0 N–H and O–H groups in total. The largest absolute Gasteiger partial charge is 0.497 e. The van der Waals surface area contributed by atoms with Crippen molar-refractivity contribution in [3.63, 3.8) is 0 Å². The second kappa shape index (κ2) is 7.40. The van der Waals surface area contributed by atoms with Gasteiger partial charge in [0.1, 0.15) is 5.75 Å². The van der Waals surface area contributed by atoms with Gasteiger partial charge >= 0.3 is 0 Å². The smallest absolute Gasteiger partial charge is 0.231 e. The van der Waals surface area contributed by atoms with E-state index >= 15 is 0 Å². The molecule has 1 atom stereocenters. The number of nitrogens with zero attached hydrogens (tertiary/aromatic N) is 1. The van der Waals surface area contributed by atoms with E-state index < -0.39 is 10.0 Å². The molecular weight excluding hydrogens is 366 g/mol. The van der Waals surface area contributed by atoms with Gasteiger partial charge in [-0.1, -0.05) is 18.2 Å². The molecule has 2 aromatic carbocycles. The van der Waals surface area contributed by atoms with Crippen LogP contribution in [0.1, 0.15) is 23.5 Å². The Morgan fingerprint density at radius 1 is 1.11 bits per heavy atom. The van der Waals surface area contributed by atoms with Gasteiger partial charge in [0.2, 0.25) is 16.8 Å². The maximum Gasteiger partial charge on any atom is 0.231 e. The number of ether oxygens (including phenoxy) is 3. The number of hydrogen-bond donors (Lipinski definition) is 0. The van der Waals surface area contributed by atoms with Crippen LogP contribution in [0.3, 0.4) is 0 Å². The quantitative estimate of drug-likeness (QED) is 0.760. The van der Waals surface area contributed by atoms with Crippen molar-refractivity contribution in [2.75, 3.05) is 32.7 Å². The lowest BCUT2D eigenvalue weighted by Gasteiger charge is -2.17. The molecule has 144 valence electrons. The molecule has 2 aromatic rings. The average Bonchev–Trinajstić information content (AvgIpc) is 3.36. The van der Waals surface area contributed by atoms with Crippen LogP contribution in [0.5, 0.6) is 17.2 Å². The Bertz CT molecular complexity index is 910. The molecule has 4 rings (SSSR count). The number of benzene rings is 2. The second-order valence-corrected chi connectivity index (χ2v) is 8.96. The summed E-state index contributed by atoms with van der Waals surface area (Å²) < 4.78 is 43.0. The predicted molar refractivity (Wildman–Crippen MR) is 102 cm³/mol. The van der Waals surface area contributed by atoms with Gasteiger partial charge in [-0.05, 0) is 54.2 Å². The maximum absolute atomic E-state index is 12.7. The fraction of sp³-hybridized carbons (Fsp3) is 0.400. The Labute approximate surface area is 159 Å². The van der Waals surface area contributed by atoms with E-state index in [-0.39, 0.29) is 18.5 Å². The van der Waals surface area contributed by atoms with Crippen LogP contribution >= 0.6 is 0 Å². The summed E-state index contributed by atoms with van der Waals surface area (Å²) in [6.45, 7) is 1.32. The lowest BCUT2D eigenvalue weighted by atomic mass is 9.98. The molecule has 2 aliphatic heterocycles. The van der Waals surface area contributed by atoms with Gasteiger partial charge < -0.3 is 14.2 Å². The minimum absolute atomic E-state index is 0.118. The molecule has 1 saturated heterocycles. The van der Waals surface area contributed by atoms with Gasteiger partial charge in [0.15, 0.2) is 11.5 Å². The van der Waals surface area contributed by atoms with E-state index in [4.69, 9.17) is 14.2 Å². The summed E-state index contributed by atoms with van der Waals surface area (Å²) in [5, 5.41) is 0. The minimum Gasteiger partial charge on any atom is -0.497 e. The summed E-state index contributed by atoms with van der Waals surface area (Å²) in [6.07, 6.45) is 1.32. The normalized spacial score (nSPS) is 19.4. The highest BCUT2D eigenvalue weighted by Gasteiger charge is 2.32. The zero-order valence-electron chi connectivity index (χ0n) is 15.3. The molecule has 7 heteroatoms. The highest BCUT2D eigenvalue weighted by atomic mass is 32.2. The zero-order chi connectivity index (χ0) is 18.9. The molecule has 27 heavy (non-hydrogen) atoms. The number of hydrogen-bond acceptors (Lipinski definition) is 5. The molecule has 0 amide bonds. The summed E-state index contributed by atoms with van der Waals surface area (Å²) in [5.41, 5.74) is 2.10. The predicted octanol–water partition coefficient (Wildman–Crippen LogP) is 2.79. The molecule has 1 unspecified atom stereocenters. The van der Waals surface area contributed by atoms with Crippen LogP contribution in [0.25, 0.3) is 0 Å². The highest BCUT2D eigenvalue weighted by molar-refractivity contribution is 7.89. The molecule has 0 bridgehead atoms. The van der Waals surface area contributed by atoms with Crippen molar-refractivity contribution in [1.29, 1.82) is 0 Å². The summed E-state index contributed by atoms with van der Waals surface area (Å²) in [4.78, 5) is 0. The van der Waals surface area contributed by atoms with Crippen molar-refractivity contribution in [1.82, 2.24) is 4.31 Å². The highest BCUT2D eigenvalue weighted by Crippen LogP contribution is 2.37. The fourth-order valence-electron chi connectivity index (χ4n) is 3.59. The van der Waals surface area contributed by atoms with Crippen molar-refractivity contribution in [2.45, 2.75) is 18.8 Å². The van der Waals surface area contributed by atoms with Gasteiger partial charge in [0.05, 0.1) is 12.9 Å². The van der Waals surface area contributed by atoms with Crippen molar-refractivity contribution in [2.24, 2.45) is 0 Å². The van der Waals surface area contributed by atoms with Crippen LogP contribution in [0, 0.1) is 0 Å². The van der Waals surface area contributed by atoms with E-state index in [0.29, 0.717) is 19.5 Å². The molecule has 0 radical (unpaired) electrons. The van der Waals surface area contributed by atoms with Crippen molar-refractivity contribution < 1.29 is 22.6 Å². The Morgan fingerprint density at radius 3 is 2.67 bits per heavy atom. The number of aryl methyl sites for hydroxylation is 1. The third-order valence-electron chi connectivity index (χ3n) is 5.22. The Hall–Kier alpha value is -2.25. The molecule has 2 heterocycles. The molecule has 2 aliphatic rings. The molecule has 0 saturated carbocycles. The average molecular weight is 389 g/mol. The van der Waals surface area contributed by atoms with E-state index in [1.165, 1.54) is 0 Å². The monoisotopic (exact) mass is 389 g/mol. The van der Waals surface area contributed by atoms with Crippen LogP contribution in [0.2, 0.25) is 0 Å². The van der Waals surface area contributed by atoms with E-state index in [1.54, 1.807) is 11.4 Å². The van der Waals surface area contributed by atoms with E-state index in [1.807, 2.05) is 42.5 Å². The maximum atomic E-state index is 12.7. The first kappa shape index (κ1) is 18.1. The van der Waals surface area contributed by atoms with Crippen LogP contribution < -0.4 is 14.2 Å². The van der Waals surface area contributed by atoms with Gasteiger partial charge in [-0.2, -0.15) is 0 Å². The summed E-state index contributed by atoms with van der Waals surface area (Å²) in [6, 6.07) is 13.4. The van der Waals surface area contributed by atoms with Crippen LogP contribution in [0.15, 0.2) is 42.5 Å². The van der Waals surface area contributed by atoms with Crippen LogP contribution in [-0.2, 0) is 16.4 Å². The molecule has 0 aromatic heterocycles. The number of sulfonamides is 1. The summed E-state index contributed by atoms with van der Waals surface area (Å²) >= 11 is 0. The fourth-order valence-corrected chi connectivity index (χ4v) is 5.13. The third-order valence-corrected chi connectivity index (χ3v) is 7.06. The standard InChI is InChI=1S/C20H23NO5S/c1-24-18-5-2-15(3-6-18)9-11-27(22,23)21-10-8-17(13-21)16-4-7-19-20(12-16)26-14-25-19/h2-7,12,17H,8-11,13-14H2,1H3. The van der Waals surface area contributed by atoms with E-state index in [9.17, 15) is 8.42 Å². The van der Waals surface area contributed by atoms with Gasteiger partial charge in [-0.25, -0.2) is 12.7 Å². The first-order valence-electron chi connectivity index (χ1n) is 9.05. The Balaban J connectivity index is 1.38. The number of fused-ring (bicyclic) bond motifs is 1.